The molecule has 5 nitrogen and oxygen atoms in total. The predicted octanol–water partition coefficient (Wildman–Crippen LogP) is 6.66. The van der Waals surface area contributed by atoms with E-state index >= 15 is 0 Å². The molecule has 37 heavy (non-hydrogen) atoms. The Morgan fingerprint density at radius 1 is 0.946 bits per heavy atom. The second kappa shape index (κ2) is 9.79. The van der Waals surface area contributed by atoms with Gasteiger partial charge in [-0.2, -0.15) is 0 Å². The third-order valence-corrected chi connectivity index (χ3v) is 8.49. The molecular weight excluding hydrogens is 462 g/mol. The van der Waals surface area contributed by atoms with Crippen LogP contribution < -0.4 is 9.47 Å². The molecule has 0 amide bonds. The standard InChI is InChI=1S/C32H35NO4/c1-20(33-17-24-6-3-7-25(24)18-33)19-36-28-12-9-22(10-13-28)32-31(23-5-4-8-26(34)15-23)21(2)29-16-27(35)11-14-30(29)37-32/h4-5,8-16,20,24-25,32,34-35H,3,6-7,17-19H2,1-2H3. The molecule has 2 fully saturated rings. The van der Waals surface area contributed by atoms with Gasteiger partial charge in [-0.1, -0.05) is 30.7 Å². The Balaban J connectivity index is 1.22. The lowest BCUT2D eigenvalue weighted by Crippen LogP contribution is -2.36. The number of phenolic OH excluding ortho intramolecular Hbond substituents is 2. The summed E-state index contributed by atoms with van der Waals surface area (Å²) in [6.45, 7) is 7.43. The van der Waals surface area contributed by atoms with Crippen LogP contribution in [0.1, 0.15) is 55.9 Å². The van der Waals surface area contributed by atoms with E-state index in [1.165, 1.54) is 32.4 Å². The highest BCUT2D eigenvalue weighted by Crippen LogP contribution is 2.47. The topological polar surface area (TPSA) is 62.2 Å². The Morgan fingerprint density at radius 2 is 1.68 bits per heavy atom. The lowest BCUT2D eigenvalue weighted by molar-refractivity contribution is 0.163. The van der Waals surface area contributed by atoms with Gasteiger partial charge >= 0.3 is 0 Å². The highest BCUT2D eigenvalue weighted by atomic mass is 16.5. The quantitative estimate of drug-likeness (QED) is 0.399. The molecular formula is C32H35NO4. The first-order chi connectivity index (χ1) is 18.0. The second-order valence-electron chi connectivity index (χ2n) is 10.9. The Kier molecular flexibility index (Phi) is 6.33. The Morgan fingerprint density at radius 3 is 2.41 bits per heavy atom. The molecule has 4 unspecified atom stereocenters. The average Bonchev–Trinajstić information content (AvgIpc) is 3.51. The molecule has 0 spiro atoms. The number of likely N-dealkylation sites (tertiary alicyclic amines) is 1. The van der Waals surface area contributed by atoms with Crippen LogP contribution in [-0.2, 0) is 0 Å². The maximum Gasteiger partial charge on any atom is 0.150 e. The van der Waals surface area contributed by atoms with Gasteiger partial charge in [0.1, 0.15) is 35.7 Å². The third kappa shape index (κ3) is 4.69. The van der Waals surface area contributed by atoms with Gasteiger partial charge in [0.05, 0.1) is 0 Å². The highest BCUT2D eigenvalue weighted by molar-refractivity contribution is 5.95. The molecule has 2 aliphatic heterocycles. The van der Waals surface area contributed by atoms with Gasteiger partial charge in [0.2, 0.25) is 0 Å². The lowest BCUT2D eigenvalue weighted by Gasteiger charge is -2.31. The van der Waals surface area contributed by atoms with Crippen molar-refractivity contribution in [2.75, 3.05) is 19.7 Å². The summed E-state index contributed by atoms with van der Waals surface area (Å²) in [7, 11) is 0. The molecule has 192 valence electrons. The number of aromatic hydroxyl groups is 2. The fourth-order valence-electron chi connectivity index (χ4n) is 6.41. The van der Waals surface area contributed by atoms with Crippen LogP contribution in [0.5, 0.6) is 23.0 Å². The minimum atomic E-state index is -0.351. The molecule has 3 aromatic rings. The van der Waals surface area contributed by atoms with E-state index in [2.05, 4.69) is 24.0 Å². The van der Waals surface area contributed by atoms with E-state index in [0.717, 1.165) is 51.2 Å². The van der Waals surface area contributed by atoms with Crippen LogP contribution >= 0.6 is 0 Å². The lowest BCUT2D eigenvalue weighted by atomic mass is 9.86. The summed E-state index contributed by atoms with van der Waals surface area (Å²) in [5, 5.41) is 20.3. The van der Waals surface area contributed by atoms with Crippen molar-refractivity contribution >= 4 is 11.1 Å². The van der Waals surface area contributed by atoms with Crippen LogP contribution in [0.25, 0.3) is 11.1 Å². The minimum Gasteiger partial charge on any atom is -0.508 e. The first-order valence-electron chi connectivity index (χ1n) is 13.4. The van der Waals surface area contributed by atoms with Crippen LogP contribution in [0.15, 0.2) is 66.7 Å². The number of ether oxygens (including phenoxy) is 2. The molecule has 6 rings (SSSR count). The number of allylic oxidation sites excluding steroid dienone is 1. The zero-order chi connectivity index (χ0) is 25.5. The summed E-state index contributed by atoms with van der Waals surface area (Å²) in [5.74, 6) is 3.78. The summed E-state index contributed by atoms with van der Waals surface area (Å²) in [6, 6.07) is 21.0. The van der Waals surface area contributed by atoms with Gasteiger partial charge in [-0.25, -0.2) is 0 Å². The third-order valence-electron chi connectivity index (χ3n) is 8.49. The van der Waals surface area contributed by atoms with Gasteiger partial charge in [-0.05, 0) is 97.7 Å². The normalized spacial score (nSPS) is 23.9. The number of fused-ring (bicyclic) bond motifs is 2. The molecule has 3 aliphatic rings. The van der Waals surface area contributed by atoms with Crippen molar-refractivity contribution in [1.82, 2.24) is 4.90 Å². The number of hydrogen-bond acceptors (Lipinski definition) is 5. The predicted molar refractivity (Wildman–Crippen MR) is 146 cm³/mol. The van der Waals surface area contributed by atoms with Crippen LogP contribution in [0, 0.1) is 11.8 Å². The van der Waals surface area contributed by atoms with Gasteiger partial charge in [0.15, 0.2) is 0 Å². The fourth-order valence-corrected chi connectivity index (χ4v) is 6.41. The van der Waals surface area contributed by atoms with Gasteiger partial charge in [-0.15, -0.1) is 0 Å². The number of rotatable bonds is 6. The van der Waals surface area contributed by atoms with E-state index in [1.54, 1.807) is 24.3 Å². The largest absolute Gasteiger partial charge is 0.508 e. The highest BCUT2D eigenvalue weighted by Gasteiger charge is 2.37. The monoisotopic (exact) mass is 497 g/mol. The summed E-state index contributed by atoms with van der Waals surface area (Å²) in [6.07, 6.45) is 3.84. The molecule has 3 aromatic carbocycles. The summed E-state index contributed by atoms with van der Waals surface area (Å²) in [4.78, 5) is 2.60. The van der Waals surface area contributed by atoms with Gasteiger partial charge in [-0.3, -0.25) is 4.90 Å². The van der Waals surface area contributed by atoms with Crippen LogP contribution in [-0.4, -0.2) is 40.9 Å². The first kappa shape index (κ1) is 23.9. The maximum atomic E-state index is 10.2. The van der Waals surface area contributed by atoms with E-state index < -0.39 is 0 Å². The molecule has 1 saturated carbocycles. The van der Waals surface area contributed by atoms with E-state index in [4.69, 9.17) is 9.47 Å². The van der Waals surface area contributed by atoms with Crippen LogP contribution in [0.4, 0.5) is 0 Å². The number of benzene rings is 3. The first-order valence-corrected chi connectivity index (χ1v) is 13.4. The molecule has 4 atom stereocenters. The number of nitrogens with zero attached hydrogens (tertiary/aromatic N) is 1. The average molecular weight is 498 g/mol. The minimum absolute atomic E-state index is 0.197. The van der Waals surface area contributed by atoms with Gasteiger partial charge in [0, 0.05) is 30.3 Å². The molecule has 1 saturated heterocycles. The fraction of sp³-hybridized carbons (Fsp3) is 0.375. The van der Waals surface area contributed by atoms with E-state index in [9.17, 15) is 10.2 Å². The SMILES string of the molecule is CC1=C(c2cccc(O)c2)C(c2ccc(OCC(C)N3CC4CCCC4C3)cc2)Oc2ccc(O)cc21. The summed E-state index contributed by atoms with van der Waals surface area (Å²) in [5.41, 5.74) is 4.73. The maximum absolute atomic E-state index is 10.2. The second-order valence-corrected chi connectivity index (χ2v) is 10.9. The molecule has 5 heteroatoms. The smallest absolute Gasteiger partial charge is 0.150 e. The van der Waals surface area contributed by atoms with Crippen LogP contribution in [0.3, 0.4) is 0 Å². The summed E-state index contributed by atoms with van der Waals surface area (Å²) >= 11 is 0. The Bertz CT molecular complexity index is 1300. The van der Waals surface area contributed by atoms with Crippen LogP contribution in [0.2, 0.25) is 0 Å². The van der Waals surface area contributed by atoms with Gasteiger partial charge in [0.25, 0.3) is 0 Å². The van der Waals surface area contributed by atoms with Crippen molar-refractivity contribution in [3.05, 3.63) is 83.4 Å². The van der Waals surface area contributed by atoms with E-state index in [1.807, 2.05) is 37.3 Å². The molecule has 0 bridgehead atoms. The number of phenols is 2. The van der Waals surface area contributed by atoms with Gasteiger partial charge < -0.3 is 19.7 Å². The Hall–Kier alpha value is -3.44. The molecule has 0 aromatic heterocycles. The van der Waals surface area contributed by atoms with Crippen molar-refractivity contribution in [2.24, 2.45) is 11.8 Å². The molecule has 2 N–H and O–H groups in total. The molecule has 1 aliphatic carbocycles. The summed E-state index contributed by atoms with van der Waals surface area (Å²) < 4.78 is 12.7. The zero-order valence-corrected chi connectivity index (χ0v) is 21.6. The zero-order valence-electron chi connectivity index (χ0n) is 21.6. The Labute approximate surface area is 219 Å². The molecule has 2 heterocycles. The van der Waals surface area contributed by atoms with Crippen molar-refractivity contribution < 1.29 is 19.7 Å². The van der Waals surface area contributed by atoms with E-state index in [0.29, 0.717) is 12.6 Å². The number of hydrogen-bond donors (Lipinski definition) is 2. The van der Waals surface area contributed by atoms with Crippen molar-refractivity contribution in [3.8, 4) is 23.0 Å². The van der Waals surface area contributed by atoms with Crippen molar-refractivity contribution in [3.63, 3.8) is 0 Å². The van der Waals surface area contributed by atoms with E-state index in [-0.39, 0.29) is 17.6 Å². The molecule has 0 radical (unpaired) electrons. The van der Waals surface area contributed by atoms with Crippen molar-refractivity contribution in [1.29, 1.82) is 0 Å². The van der Waals surface area contributed by atoms with Crippen molar-refractivity contribution in [2.45, 2.75) is 45.3 Å².